The number of anilines is 1. The van der Waals surface area contributed by atoms with Crippen LogP contribution in [0.5, 0.6) is 0 Å². The highest BCUT2D eigenvalue weighted by Gasteiger charge is 2.18. The molecule has 1 saturated heterocycles. The summed E-state index contributed by atoms with van der Waals surface area (Å²) in [6.45, 7) is 4.15. The molecule has 2 aromatic rings. The molecule has 0 bridgehead atoms. The van der Waals surface area contributed by atoms with Gasteiger partial charge < -0.3 is 10.6 Å². The highest BCUT2D eigenvalue weighted by molar-refractivity contribution is 6.02. The molecule has 1 amide bonds. The van der Waals surface area contributed by atoms with Gasteiger partial charge in [-0.25, -0.2) is 4.68 Å². The first kappa shape index (κ1) is 19.4. The number of carbonyl (C=O) groups is 1. The fraction of sp³-hybridized carbons (Fsp3) is 0.500. The lowest BCUT2D eigenvalue weighted by Gasteiger charge is -2.22. The number of unbranched alkanes of at least 4 members (excludes halogenated alkanes) is 1. The van der Waals surface area contributed by atoms with Crippen molar-refractivity contribution in [2.45, 2.75) is 45.1 Å². The number of halogens is 1. The maximum Gasteiger partial charge on any atom is 0.277 e. The van der Waals surface area contributed by atoms with Crippen LogP contribution in [0.2, 0.25) is 0 Å². The maximum absolute atomic E-state index is 12.3. The summed E-state index contributed by atoms with van der Waals surface area (Å²) >= 11 is 0. The third-order valence-electron chi connectivity index (χ3n) is 4.46. The second-order valence-electron chi connectivity index (χ2n) is 6.32. The molecule has 1 aliphatic heterocycles. The number of hydrogen-bond donors (Lipinski definition) is 2. The van der Waals surface area contributed by atoms with E-state index in [1.807, 2.05) is 16.8 Å². The Morgan fingerprint density at radius 2 is 2.00 bits per heavy atom. The highest BCUT2D eigenvalue weighted by Crippen LogP contribution is 2.18. The van der Waals surface area contributed by atoms with E-state index in [2.05, 4.69) is 40.0 Å². The SMILES string of the molecule is CCCCc1ccc(NC(=O)c2cn(C3CCNCC3)nn2)cc1.Cl. The molecule has 25 heavy (non-hydrogen) atoms. The van der Waals surface area contributed by atoms with E-state index in [9.17, 15) is 4.79 Å². The van der Waals surface area contributed by atoms with Crippen LogP contribution in [0.3, 0.4) is 0 Å². The molecule has 0 atom stereocenters. The van der Waals surface area contributed by atoms with Gasteiger partial charge in [-0.3, -0.25) is 4.79 Å². The lowest BCUT2D eigenvalue weighted by atomic mass is 10.1. The Bertz CT molecular complexity index is 664. The van der Waals surface area contributed by atoms with Crippen molar-refractivity contribution in [3.05, 3.63) is 41.7 Å². The Morgan fingerprint density at radius 3 is 2.68 bits per heavy atom. The summed E-state index contributed by atoms with van der Waals surface area (Å²) in [6.07, 6.45) is 7.24. The van der Waals surface area contributed by atoms with Crippen molar-refractivity contribution in [2.75, 3.05) is 18.4 Å². The minimum Gasteiger partial charge on any atom is -0.321 e. The summed E-state index contributed by atoms with van der Waals surface area (Å²) in [5, 5.41) is 14.4. The molecule has 6 nitrogen and oxygen atoms in total. The van der Waals surface area contributed by atoms with Gasteiger partial charge in [0.2, 0.25) is 0 Å². The number of rotatable bonds is 6. The quantitative estimate of drug-likeness (QED) is 0.826. The van der Waals surface area contributed by atoms with Crippen molar-refractivity contribution >= 4 is 24.0 Å². The molecular formula is C18H26ClN5O. The zero-order chi connectivity index (χ0) is 16.8. The number of aromatic nitrogens is 3. The Balaban J connectivity index is 0.00000225. The topological polar surface area (TPSA) is 71.8 Å². The molecule has 1 fully saturated rings. The third-order valence-corrected chi connectivity index (χ3v) is 4.46. The first-order chi connectivity index (χ1) is 11.8. The monoisotopic (exact) mass is 363 g/mol. The molecule has 0 aliphatic carbocycles. The van der Waals surface area contributed by atoms with E-state index in [4.69, 9.17) is 0 Å². The van der Waals surface area contributed by atoms with Gasteiger partial charge in [0, 0.05) is 5.69 Å². The lowest BCUT2D eigenvalue weighted by Crippen LogP contribution is -2.29. The number of amides is 1. The minimum atomic E-state index is -0.212. The highest BCUT2D eigenvalue weighted by atomic mass is 35.5. The number of nitrogens with zero attached hydrogens (tertiary/aromatic N) is 3. The maximum atomic E-state index is 12.3. The van der Waals surface area contributed by atoms with Crippen molar-refractivity contribution in [1.82, 2.24) is 20.3 Å². The number of piperidine rings is 1. The van der Waals surface area contributed by atoms with Crippen LogP contribution in [0.4, 0.5) is 5.69 Å². The van der Waals surface area contributed by atoms with Crippen LogP contribution >= 0.6 is 12.4 Å². The van der Waals surface area contributed by atoms with Gasteiger partial charge in [-0.15, -0.1) is 17.5 Å². The van der Waals surface area contributed by atoms with Crippen LogP contribution < -0.4 is 10.6 Å². The van der Waals surface area contributed by atoms with E-state index in [-0.39, 0.29) is 18.3 Å². The Morgan fingerprint density at radius 1 is 1.28 bits per heavy atom. The van der Waals surface area contributed by atoms with Gasteiger partial charge in [-0.05, 0) is 56.5 Å². The van der Waals surface area contributed by atoms with Crippen LogP contribution in [0.1, 0.15) is 54.7 Å². The second kappa shape index (κ2) is 9.53. The Hall–Kier alpha value is -1.92. The summed E-state index contributed by atoms with van der Waals surface area (Å²) in [6, 6.07) is 8.35. The van der Waals surface area contributed by atoms with E-state index >= 15 is 0 Å². The standard InChI is InChI=1S/C18H25N5O.ClH/c1-2-3-4-14-5-7-15(8-6-14)20-18(24)17-13-23(22-21-17)16-9-11-19-12-10-16;/h5-8,13,16,19H,2-4,9-12H2,1H3,(H,20,24);1H. The lowest BCUT2D eigenvalue weighted by molar-refractivity contribution is 0.102. The average Bonchev–Trinajstić information content (AvgIpc) is 3.12. The predicted octanol–water partition coefficient (Wildman–Crippen LogP) is 3.22. The summed E-state index contributed by atoms with van der Waals surface area (Å²) < 4.78 is 1.82. The number of hydrogen-bond acceptors (Lipinski definition) is 4. The van der Waals surface area contributed by atoms with Crippen LogP contribution in [0.25, 0.3) is 0 Å². The number of aryl methyl sites for hydroxylation is 1. The molecule has 136 valence electrons. The van der Waals surface area contributed by atoms with Gasteiger partial charge in [0.25, 0.3) is 5.91 Å². The summed E-state index contributed by atoms with van der Waals surface area (Å²) in [5.74, 6) is -0.212. The molecule has 0 saturated carbocycles. The van der Waals surface area contributed by atoms with Crippen LogP contribution in [-0.4, -0.2) is 34.0 Å². The molecule has 3 rings (SSSR count). The first-order valence-corrected chi connectivity index (χ1v) is 8.79. The van der Waals surface area contributed by atoms with Crippen molar-refractivity contribution in [3.8, 4) is 0 Å². The number of nitrogens with one attached hydrogen (secondary N) is 2. The molecule has 0 radical (unpaired) electrons. The second-order valence-corrected chi connectivity index (χ2v) is 6.32. The number of benzene rings is 1. The molecule has 1 aliphatic rings. The minimum absolute atomic E-state index is 0. The molecule has 0 spiro atoms. The van der Waals surface area contributed by atoms with E-state index in [0.29, 0.717) is 11.7 Å². The Labute approximate surface area is 154 Å². The predicted molar refractivity (Wildman–Crippen MR) is 101 cm³/mol. The zero-order valence-electron chi connectivity index (χ0n) is 14.6. The fourth-order valence-corrected chi connectivity index (χ4v) is 2.96. The van der Waals surface area contributed by atoms with Gasteiger partial charge in [-0.2, -0.15) is 0 Å². The van der Waals surface area contributed by atoms with Crippen molar-refractivity contribution in [1.29, 1.82) is 0 Å². The summed E-state index contributed by atoms with van der Waals surface area (Å²) in [5.41, 5.74) is 2.45. The van der Waals surface area contributed by atoms with Crippen molar-refractivity contribution in [2.24, 2.45) is 0 Å². The first-order valence-electron chi connectivity index (χ1n) is 8.79. The van der Waals surface area contributed by atoms with Crippen LogP contribution in [0.15, 0.2) is 30.5 Å². The summed E-state index contributed by atoms with van der Waals surface area (Å²) in [4.78, 5) is 12.3. The van der Waals surface area contributed by atoms with E-state index in [1.165, 1.54) is 18.4 Å². The molecule has 7 heteroatoms. The molecule has 0 unspecified atom stereocenters. The third kappa shape index (κ3) is 5.28. The molecular weight excluding hydrogens is 338 g/mol. The molecule has 1 aromatic heterocycles. The van der Waals surface area contributed by atoms with Gasteiger partial charge in [0.1, 0.15) is 0 Å². The van der Waals surface area contributed by atoms with Crippen molar-refractivity contribution < 1.29 is 4.79 Å². The van der Waals surface area contributed by atoms with E-state index < -0.39 is 0 Å². The zero-order valence-corrected chi connectivity index (χ0v) is 15.4. The summed E-state index contributed by atoms with van der Waals surface area (Å²) in [7, 11) is 0. The van der Waals surface area contributed by atoms with Gasteiger partial charge in [-0.1, -0.05) is 30.7 Å². The molecule has 1 aromatic carbocycles. The molecule has 2 heterocycles. The largest absolute Gasteiger partial charge is 0.321 e. The van der Waals surface area contributed by atoms with Crippen molar-refractivity contribution in [3.63, 3.8) is 0 Å². The van der Waals surface area contributed by atoms with Crippen LogP contribution in [-0.2, 0) is 6.42 Å². The van der Waals surface area contributed by atoms with E-state index in [0.717, 1.165) is 38.0 Å². The molecule has 2 N–H and O–H groups in total. The van der Waals surface area contributed by atoms with E-state index in [1.54, 1.807) is 6.20 Å². The fourth-order valence-electron chi connectivity index (χ4n) is 2.96. The smallest absolute Gasteiger partial charge is 0.277 e. The Kier molecular flexibility index (Phi) is 7.40. The van der Waals surface area contributed by atoms with Gasteiger partial charge in [0.15, 0.2) is 5.69 Å². The van der Waals surface area contributed by atoms with Gasteiger partial charge in [0.05, 0.1) is 12.2 Å². The number of carbonyl (C=O) groups excluding carboxylic acids is 1. The average molecular weight is 364 g/mol. The normalized spacial score (nSPS) is 14.8. The van der Waals surface area contributed by atoms with Gasteiger partial charge >= 0.3 is 0 Å². The van der Waals surface area contributed by atoms with Crippen LogP contribution in [0, 0.1) is 0 Å².